The van der Waals surface area contributed by atoms with E-state index in [1.54, 1.807) is 0 Å². The molecular weight excluding hydrogens is 116 g/mol. The highest BCUT2D eigenvalue weighted by Gasteiger charge is 1.69. The summed E-state index contributed by atoms with van der Waals surface area (Å²) in [6.45, 7) is 0. The summed E-state index contributed by atoms with van der Waals surface area (Å²) in [5, 5.41) is -0.176. The van der Waals surface area contributed by atoms with Gasteiger partial charge in [0, 0.05) is 0 Å². The number of aliphatic imine (C=N–C) groups is 1. The summed E-state index contributed by atoms with van der Waals surface area (Å²) in [4.78, 5) is 12.0. The van der Waals surface area contributed by atoms with Crippen LogP contribution < -0.4 is 5.73 Å². The number of nitrogens with zero attached hydrogens (tertiary/aromatic N) is 1. The predicted molar refractivity (Wildman–Crippen MR) is 28.5 cm³/mol. The van der Waals surface area contributed by atoms with Gasteiger partial charge in [-0.05, 0) is 12.2 Å². The van der Waals surface area contributed by atoms with Gasteiger partial charge in [0.15, 0.2) is 0 Å². The Labute approximate surface area is 45.3 Å². The standard InChI is InChI=1S/C2H2N2OS.H2O/c3-2(6)4-1-5;/h(H2,3,6);1H2. The van der Waals surface area contributed by atoms with Gasteiger partial charge in [0.25, 0.3) is 0 Å². The van der Waals surface area contributed by atoms with Gasteiger partial charge < -0.3 is 11.2 Å². The Kier molecular flexibility index (Phi) is 7.12. The monoisotopic (exact) mass is 120 g/mol. The van der Waals surface area contributed by atoms with E-state index in [-0.39, 0.29) is 10.6 Å². The molecule has 0 radical (unpaired) electrons. The lowest BCUT2D eigenvalue weighted by Crippen LogP contribution is -2.01. The number of thiocarbonyl (C=S) groups is 1. The first-order chi connectivity index (χ1) is 2.77. The highest BCUT2D eigenvalue weighted by molar-refractivity contribution is 7.80. The van der Waals surface area contributed by atoms with Gasteiger partial charge in [-0.1, -0.05) is 0 Å². The molecule has 40 valence electrons. The van der Waals surface area contributed by atoms with Gasteiger partial charge in [-0.25, -0.2) is 4.79 Å². The van der Waals surface area contributed by atoms with Gasteiger partial charge in [-0.15, -0.1) is 4.99 Å². The number of isocyanates is 1. The first kappa shape index (κ1) is 9.52. The molecule has 0 unspecified atom stereocenters. The van der Waals surface area contributed by atoms with Crippen molar-refractivity contribution in [2.24, 2.45) is 10.7 Å². The Hall–Kier alpha value is -0.770. The largest absolute Gasteiger partial charge is 0.412 e. The molecule has 0 bridgehead atoms. The summed E-state index contributed by atoms with van der Waals surface area (Å²) >= 11 is 4.14. The second-order valence-corrected chi connectivity index (χ2v) is 0.960. The Morgan fingerprint density at radius 3 is 2.29 bits per heavy atom. The SMILES string of the molecule is NC(=S)N=C=O.O. The van der Waals surface area contributed by atoms with Crippen molar-refractivity contribution in [1.29, 1.82) is 0 Å². The molecule has 0 aliphatic heterocycles. The second-order valence-electron chi connectivity index (χ2n) is 0.541. The highest BCUT2D eigenvalue weighted by atomic mass is 32.1. The van der Waals surface area contributed by atoms with Crippen LogP contribution in [-0.2, 0) is 4.79 Å². The topological polar surface area (TPSA) is 86.9 Å². The smallest absolute Gasteiger partial charge is 0.242 e. The lowest BCUT2D eigenvalue weighted by atomic mass is 11.2. The van der Waals surface area contributed by atoms with E-state index in [0.717, 1.165) is 0 Å². The average Bonchev–Trinajstić information content (AvgIpc) is 1.35. The summed E-state index contributed by atoms with van der Waals surface area (Å²) < 4.78 is 0. The number of hydrogen-bond acceptors (Lipinski definition) is 2. The van der Waals surface area contributed by atoms with Crippen molar-refractivity contribution in [3.8, 4) is 0 Å². The van der Waals surface area contributed by atoms with Crippen LogP contribution in [0.15, 0.2) is 4.99 Å². The normalized spacial score (nSPS) is 5.14. The molecule has 0 saturated carbocycles. The van der Waals surface area contributed by atoms with E-state index in [9.17, 15) is 0 Å². The van der Waals surface area contributed by atoms with Crippen molar-refractivity contribution in [3.05, 3.63) is 0 Å². The van der Waals surface area contributed by atoms with Crippen LogP contribution in [0.2, 0.25) is 0 Å². The molecule has 0 aromatic carbocycles. The van der Waals surface area contributed by atoms with E-state index >= 15 is 0 Å². The maximum atomic E-state index is 9.16. The quantitative estimate of drug-likeness (QED) is 0.246. The van der Waals surface area contributed by atoms with E-state index in [0.29, 0.717) is 0 Å². The molecule has 0 atom stereocenters. The molecule has 0 saturated heterocycles. The van der Waals surface area contributed by atoms with Gasteiger partial charge >= 0.3 is 0 Å². The zero-order chi connectivity index (χ0) is 4.99. The van der Waals surface area contributed by atoms with E-state index in [4.69, 9.17) is 10.5 Å². The molecule has 4 nitrogen and oxygen atoms in total. The third-order valence-electron chi connectivity index (χ3n) is 0.156. The van der Waals surface area contributed by atoms with Crippen LogP contribution in [-0.4, -0.2) is 16.7 Å². The van der Waals surface area contributed by atoms with Crippen molar-refractivity contribution in [2.75, 3.05) is 0 Å². The van der Waals surface area contributed by atoms with Gasteiger partial charge in [0.2, 0.25) is 11.2 Å². The van der Waals surface area contributed by atoms with Crippen LogP contribution in [0.4, 0.5) is 0 Å². The Morgan fingerprint density at radius 2 is 2.29 bits per heavy atom. The van der Waals surface area contributed by atoms with Crippen LogP contribution in [0.5, 0.6) is 0 Å². The first-order valence-electron chi connectivity index (χ1n) is 1.14. The van der Waals surface area contributed by atoms with Crippen LogP contribution in [0, 0.1) is 0 Å². The van der Waals surface area contributed by atoms with Crippen molar-refractivity contribution in [3.63, 3.8) is 0 Å². The van der Waals surface area contributed by atoms with E-state index in [2.05, 4.69) is 17.2 Å². The minimum Gasteiger partial charge on any atom is -0.412 e. The summed E-state index contributed by atoms with van der Waals surface area (Å²) in [6.07, 6.45) is 1.18. The van der Waals surface area contributed by atoms with Crippen molar-refractivity contribution in [1.82, 2.24) is 0 Å². The average molecular weight is 120 g/mol. The van der Waals surface area contributed by atoms with Crippen molar-refractivity contribution < 1.29 is 10.3 Å². The minimum absolute atomic E-state index is 0. The number of rotatable bonds is 0. The molecule has 0 amide bonds. The molecule has 0 rings (SSSR count). The van der Waals surface area contributed by atoms with Crippen LogP contribution in [0.25, 0.3) is 0 Å². The molecule has 0 aromatic heterocycles. The highest BCUT2D eigenvalue weighted by Crippen LogP contribution is 1.58. The predicted octanol–water partition coefficient (Wildman–Crippen LogP) is -1.26. The van der Waals surface area contributed by atoms with E-state index in [1.807, 2.05) is 0 Å². The molecule has 7 heavy (non-hydrogen) atoms. The maximum Gasteiger partial charge on any atom is 0.242 e. The Balaban J connectivity index is 0. The molecule has 0 aromatic rings. The van der Waals surface area contributed by atoms with E-state index in [1.165, 1.54) is 6.08 Å². The Morgan fingerprint density at radius 1 is 1.86 bits per heavy atom. The lowest BCUT2D eigenvalue weighted by molar-refractivity contribution is 0.566. The summed E-state index contributed by atoms with van der Waals surface area (Å²) in [7, 11) is 0. The summed E-state index contributed by atoms with van der Waals surface area (Å²) in [5.74, 6) is 0. The van der Waals surface area contributed by atoms with Crippen LogP contribution in [0.3, 0.4) is 0 Å². The maximum absolute atomic E-state index is 9.16. The molecule has 4 N–H and O–H groups in total. The minimum atomic E-state index is -0.176. The third kappa shape index (κ3) is 11.0. The van der Waals surface area contributed by atoms with Gasteiger partial charge in [-0.2, -0.15) is 0 Å². The summed E-state index contributed by atoms with van der Waals surface area (Å²) in [6, 6.07) is 0. The van der Waals surface area contributed by atoms with Crippen molar-refractivity contribution in [2.45, 2.75) is 0 Å². The van der Waals surface area contributed by atoms with Gasteiger partial charge in [-0.3, -0.25) is 0 Å². The fourth-order valence-corrected chi connectivity index (χ4v) is 0.0823. The zero-order valence-corrected chi connectivity index (χ0v) is 4.16. The Bertz CT molecular complexity index is 106. The number of nitrogens with two attached hydrogens (primary N) is 1. The molecule has 5 heteroatoms. The lowest BCUT2D eigenvalue weighted by Gasteiger charge is -1.68. The molecule has 0 spiro atoms. The first-order valence-corrected chi connectivity index (χ1v) is 1.55. The van der Waals surface area contributed by atoms with Crippen LogP contribution in [0.1, 0.15) is 0 Å². The fourth-order valence-electron chi connectivity index (χ4n) is 0.0450. The third-order valence-corrected chi connectivity index (χ3v) is 0.247. The second kappa shape index (κ2) is 5.23. The van der Waals surface area contributed by atoms with E-state index < -0.39 is 0 Å². The molecule has 0 aliphatic rings. The van der Waals surface area contributed by atoms with Crippen LogP contribution >= 0.6 is 12.2 Å². The zero-order valence-electron chi connectivity index (χ0n) is 3.34. The number of hydrogen-bond donors (Lipinski definition) is 1. The van der Waals surface area contributed by atoms with Gasteiger partial charge in [0.1, 0.15) is 0 Å². The van der Waals surface area contributed by atoms with Gasteiger partial charge in [0.05, 0.1) is 0 Å². The molecular formula is C2H4N2O2S. The fraction of sp³-hybridized carbons (Fsp3) is 0. The summed E-state index contributed by atoms with van der Waals surface area (Å²) in [5.41, 5.74) is 4.71. The molecule has 0 heterocycles. The molecule has 0 fully saturated rings. The van der Waals surface area contributed by atoms with Crippen molar-refractivity contribution >= 4 is 23.4 Å². The number of carbonyl (C=O) groups excluding carboxylic acids is 1. The molecule has 0 aliphatic carbocycles.